The lowest BCUT2D eigenvalue weighted by Gasteiger charge is -2.27. The predicted molar refractivity (Wildman–Crippen MR) is 228 cm³/mol. The number of nitrogens with zero attached hydrogens (tertiary/aromatic N) is 3. The van der Waals surface area contributed by atoms with Crippen molar-refractivity contribution in [3.05, 3.63) is 187 Å². The molecule has 0 atom stereocenters. The molecular weight excluding hydrogens is 687 g/mol. The van der Waals surface area contributed by atoms with Crippen molar-refractivity contribution in [3.63, 3.8) is 0 Å². The van der Waals surface area contributed by atoms with Crippen molar-refractivity contribution >= 4 is 71.6 Å². The summed E-state index contributed by atoms with van der Waals surface area (Å²) in [7, 11) is 0. The Morgan fingerprint density at radius 1 is 0.482 bits per heavy atom. The Kier molecular flexibility index (Phi) is 6.63. The van der Waals surface area contributed by atoms with E-state index in [2.05, 4.69) is 131 Å². The quantitative estimate of drug-likeness (QED) is 0.166. The van der Waals surface area contributed by atoms with Gasteiger partial charge in [0.05, 0.1) is 0 Å². The van der Waals surface area contributed by atoms with Gasteiger partial charge in [0, 0.05) is 56.7 Å². The molecule has 0 unspecified atom stereocenters. The van der Waals surface area contributed by atoms with E-state index in [1.54, 1.807) is 0 Å². The fraction of sp³-hybridized carbons (Fsp3) is 0.0196. The molecule has 0 bridgehead atoms. The van der Waals surface area contributed by atoms with Gasteiger partial charge in [0.15, 0.2) is 5.58 Å². The fourth-order valence-corrected chi connectivity index (χ4v) is 8.79. The van der Waals surface area contributed by atoms with E-state index in [9.17, 15) is 0 Å². The molecular formula is C51H31N3O2. The Labute approximate surface area is 321 Å². The third-order valence-electron chi connectivity index (χ3n) is 11.4. The van der Waals surface area contributed by atoms with Crippen LogP contribution in [0, 0.1) is 0 Å². The van der Waals surface area contributed by atoms with Crippen LogP contribution in [-0.2, 0) is 6.42 Å². The number of hydrogen-bond acceptors (Lipinski definition) is 5. The van der Waals surface area contributed by atoms with Crippen LogP contribution in [-0.4, -0.2) is 9.97 Å². The van der Waals surface area contributed by atoms with E-state index in [4.69, 9.17) is 13.8 Å². The van der Waals surface area contributed by atoms with Gasteiger partial charge in [0.1, 0.15) is 16.7 Å². The molecule has 0 N–H and O–H groups in total. The monoisotopic (exact) mass is 717 g/mol. The Balaban J connectivity index is 1.10. The van der Waals surface area contributed by atoms with Crippen molar-refractivity contribution in [1.29, 1.82) is 0 Å². The zero-order chi connectivity index (χ0) is 36.7. The number of oxazole rings is 1. The minimum atomic E-state index is 0.619. The molecule has 8 aromatic carbocycles. The number of benzene rings is 8. The average molecular weight is 718 g/mol. The van der Waals surface area contributed by atoms with Crippen LogP contribution in [0.25, 0.3) is 88.3 Å². The van der Waals surface area contributed by atoms with Gasteiger partial charge in [0.2, 0.25) is 5.89 Å². The number of fused-ring (bicyclic) bond motifs is 11. The van der Waals surface area contributed by atoms with Crippen molar-refractivity contribution < 1.29 is 8.83 Å². The molecule has 56 heavy (non-hydrogen) atoms. The Morgan fingerprint density at radius 2 is 1.21 bits per heavy atom. The lowest BCUT2D eigenvalue weighted by atomic mass is 9.99. The predicted octanol–water partition coefficient (Wildman–Crippen LogP) is 13.8. The van der Waals surface area contributed by atoms with Crippen LogP contribution in [0.3, 0.4) is 0 Å². The average Bonchev–Trinajstić information content (AvgIpc) is 3.97. The highest BCUT2D eigenvalue weighted by molar-refractivity contribution is 6.19. The molecule has 3 heterocycles. The summed E-state index contributed by atoms with van der Waals surface area (Å²) in [6.07, 6.45) is 4.63. The van der Waals surface area contributed by atoms with Crippen LogP contribution in [0.2, 0.25) is 0 Å². The zero-order valence-corrected chi connectivity index (χ0v) is 30.1. The van der Waals surface area contributed by atoms with Gasteiger partial charge in [-0.3, -0.25) is 4.98 Å². The molecule has 0 saturated carbocycles. The molecule has 0 fully saturated rings. The van der Waals surface area contributed by atoms with Crippen LogP contribution in [0.1, 0.15) is 11.1 Å². The molecule has 5 nitrogen and oxygen atoms in total. The second-order valence-corrected chi connectivity index (χ2v) is 14.6. The number of hydrogen-bond donors (Lipinski definition) is 0. The summed E-state index contributed by atoms with van der Waals surface area (Å²) < 4.78 is 13.1. The third kappa shape index (κ3) is 4.74. The molecule has 262 valence electrons. The molecule has 1 aliphatic carbocycles. The second-order valence-electron chi connectivity index (χ2n) is 14.6. The van der Waals surface area contributed by atoms with E-state index >= 15 is 0 Å². The smallest absolute Gasteiger partial charge is 0.227 e. The summed E-state index contributed by atoms with van der Waals surface area (Å²) in [4.78, 5) is 11.7. The molecule has 11 aromatic rings. The van der Waals surface area contributed by atoms with Crippen LogP contribution >= 0.6 is 0 Å². The SMILES string of the molecule is c1ccc(-c2nc3ccc4ccc5ccc(N(c6ccc7c(c6)Cc6ccccc6-7)c6ccc7oc8cccc(-c9cccnc9)c8c7c6)cc5c4c3o2)cc1. The van der Waals surface area contributed by atoms with Gasteiger partial charge in [-0.05, 0) is 123 Å². The number of aromatic nitrogens is 2. The number of rotatable bonds is 5. The van der Waals surface area contributed by atoms with Gasteiger partial charge in [-0.2, -0.15) is 0 Å². The highest BCUT2D eigenvalue weighted by Crippen LogP contribution is 2.45. The highest BCUT2D eigenvalue weighted by Gasteiger charge is 2.23. The van der Waals surface area contributed by atoms with Gasteiger partial charge in [-0.1, -0.05) is 91.0 Å². The summed E-state index contributed by atoms with van der Waals surface area (Å²) in [6, 6.07) is 58.0. The topological polar surface area (TPSA) is 55.3 Å². The first-order valence-electron chi connectivity index (χ1n) is 18.9. The first-order chi connectivity index (χ1) is 27.7. The third-order valence-corrected chi connectivity index (χ3v) is 11.4. The summed E-state index contributed by atoms with van der Waals surface area (Å²) >= 11 is 0. The molecule has 0 radical (unpaired) electrons. The maximum absolute atomic E-state index is 6.61. The van der Waals surface area contributed by atoms with Gasteiger partial charge in [-0.15, -0.1) is 0 Å². The minimum absolute atomic E-state index is 0.619. The molecule has 1 aliphatic rings. The largest absolute Gasteiger partial charge is 0.456 e. The van der Waals surface area contributed by atoms with E-state index in [0.29, 0.717) is 5.89 Å². The van der Waals surface area contributed by atoms with Crippen molar-refractivity contribution in [2.24, 2.45) is 0 Å². The normalized spacial score (nSPS) is 12.2. The van der Waals surface area contributed by atoms with Gasteiger partial charge in [0.25, 0.3) is 0 Å². The van der Waals surface area contributed by atoms with Gasteiger partial charge < -0.3 is 13.7 Å². The van der Waals surface area contributed by atoms with E-state index in [1.807, 2.05) is 54.9 Å². The maximum Gasteiger partial charge on any atom is 0.227 e. The molecule has 0 amide bonds. The van der Waals surface area contributed by atoms with Crippen LogP contribution in [0.5, 0.6) is 0 Å². The Morgan fingerprint density at radius 3 is 2.12 bits per heavy atom. The number of furan rings is 1. The van der Waals surface area contributed by atoms with Gasteiger partial charge in [-0.25, -0.2) is 4.98 Å². The molecule has 0 aliphatic heterocycles. The first-order valence-corrected chi connectivity index (χ1v) is 18.9. The summed E-state index contributed by atoms with van der Waals surface area (Å²) in [5.41, 5.74) is 14.9. The number of pyridine rings is 1. The van der Waals surface area contributed by atoms with Crippen LogP contribution in [0.4, 0.5) is 17.1 Å². The van der Waals surface area contributed by atoms with Crippen LogP contribution in [0.15, 0.2) is 185 Å². The standard InChI is InChI=1S/C51H31N3O2/c1-2-8-33(9-3-1)51-53-45-23-18-32-16-15-31-17-19-38(28-43(31)48(32)50(45)56-51)54(37-20-22-41-36(27-37)26-34-10-4-5-12-40(34)41)39-21-24-46-44(29-39)49-42(13-6-14-47(49)55-46)35-11-7-25-52-30-35/h1-25,27-30H,26H2. The van der Waals surface area contributed by atoms with Gasteiger partial charge >= 0.3 is 0 Å². The van der Waals surface area contributed by atoms with E-state index in [0.717, 1.165) is 94.8 Å². The summed E-state index contributed by atoms with van der Waals surface area (Å²) in [5, 5.41) is 6.53. The maximum atomic E-state index is 6.61. The summed E-state index contributed by atoms with van der Waals surface area (Å²) in [6.45, 7) is 0. The van der Waals surface area contributed by atoms with E-state index in [1.165, 1.54) is 22.3 Å². The second kappa shape index (κ2) is 12.0. The van der Waals surface area contributed by atoms with E-state index in [-0.39, 0.29) is 0 Å². The van der Waals surface area contributed by atoms with E-state index < -0.39 is 0 Å². The Hall–Kier alpha value is -7.50. The van der Waals surface area contributed by atoms with Crippen molar-refractivity contribution in [1.82, 2.24) is 9.97 Å². The molecule has 12 rings (SSSR count). The lowest BCUT2D eigenvalue weighted by Crippen LogP contribution is -2.10. The van der Waals surface area contributed by atoms with Crippen molar-refractivity contribution in [2.45, 2.75) is 6.42 Å². The number of anilines is 3. The molecule has 5 heteroatoms. The minimum Gasteiger partial charge on any atom is -0.456 e. The molecule has 0 saturated heterocycles. The molecule has 0 spiro atoms. The lowest BCUT2D eigenvalue weighted by molar-refractivity contribution is 0.623. The highest BCUT2D eigenvalue weighted by atomic mass is 16.3. The van der Waals surface area contributed by atoms with Crippen LogP contribution < -0.4 is 4.90 Å². The summed E-state index contributed by atoms with van der Waals surface area (Å²) in [5.74, 6) is 0.619. The fourth-order valence-electron chi connectivity index (χ4n) is 8.79. The molecule has 3 aromatic heterocycles. The Bertz CT molecular complexity index is 3350. The first kappa shape index (κ1) is 30.9. The van der Waals surface area contributed by atoms with Crippen molar-refractivity contribution in [2.75, 3.05) is 4.90 Å². The van der Waals surface area contributed by atoms with Crippen molar-refractivity contribution in [3.8, 4) is 33.7 Å². The zero-order valence-electron chi connectivity index (χ0n) is 30.1.